The van der Waals surface area contributed by atoms with E-state index in [1.54, 1.807) is 18.2 Å². The molecule has 0 aliphatic carbocycles. The molecule has 2 rings (SSSR count). The van der Waals surface area contributed by atoms with Gasteiger partial charge in [0.2, 0.25) is 0 Å². The highest BCUT2D eigenvalue weighted by molar-refractivity contribution is 5.79. The zero-order chi connectivity index (χ0) is 10.1. The number of aromatic nitrogens is 3. The van der Waals surface area contributed by atoms with Crippen LogP contribution in [-0.4, -0.2) is 31.8 Å². The molecule has 6 nitrogen and oxygen atoms in total. The minimum absolute atomic E-state index is 0.374. The Balaban J connectivity index is 2.75. The van der Waals surface area contributed by atoms with E-state index in [4.69, 9.17) is 5.11 Å². The fraction of sp³-hybridized carbons (Fsp3) is 0.125. The Morgan fingerprint density at radius 2 is 2.29 bits per heavy atom. The second-order valence-electron chi connectivity index (χ2n) is 2.68. The first-order valence-corrected chi connectivity index (χ1v) is 3.94. The maximum atomic E-state index is 11.5. The number of nitrogens with zero attached hydrogens (tertiary/aromatic N) is 3. The number of aliphatic hydroxyl groups excluding tert-OH is 1. The van der Waals surface area contributed by atoms with Crippen molar-refractivity contribution in [3.8, 4) is 0 Å². The molecule has 0 radical (unpaired) electrons. The highest BCUT2D eigenvalue weighted by Gasteiger charge is 2.11. The van der Waals surface area contributed by atoms with Crippen LogP contribution in [0.2, 0.25) is 0 Å². The van der Waals surface area contributed by atoms with Crippen LogP contribution in [-0.2, 0) is 0 Å². The minimum atomic E-state index is -0.737. The third-order valence-corrected chi connectivity index (χ3v) is 1.80. The van der Waals surface area contributed by atoms with Gasteiger partial charge in [0.05, 0.1) is 0 Å². The third-order valence-electron chi connectivity index (χ3n) is 1.80. The zero-order valence-corrected chi connectivity index (χ0v) is 7.12. The van der Waals surface area contributed by atoms with Crippen LogP contribution < -0.4 is 5.69 Å². The minimum Gasteiger partial charge on any atom is -0.386 e. The first-order valence-electron chi connectivity index (χ1n) is 3.94. The number of carbonyl (C=O) groups is 1. The van der Waals surface area contributed by atoms with Crippen molar-refractivity contribution in [2.75, 3.05) is 6.61 Å². The van der Waals surface area contributed by atoms with Crippen LogP contribution in [0.1, 0.15) is 4.79 Å². The van der Waals surface area contributed by atoms with Gasteiger partial charge in [-0.25, -0.2) is 9.20 Å². The Kier molecular flexibility index (Phi) is 1.90. The molecular weight excluding hydrogens is 186 g/mol. The molecule has 0 aliphatic heterocycles. The molecule has 1 N–H and O–H groups in total. The second kappa shape index (κ2) is 3.08. The number of hydrogen-bond donors (Lipinski definition) is 1. The molecule has 0 aromatic carbocycles. The lowest BCUT2D eigenvalue weighted by Crippen LogP contribution is -2.29. The van der Waals surface area contributed by atoms with Crippen LogP contribution in [0.3, 0.4) is 0 Å². The van der Waals surface area contributed by atoms with Crippen LogP contribution in [0.4, 0.5) is 0 Å². The van der Waals surface area contributed by atoms with Gasteiger partial charge in [0, 0.05) is 6.20 Å². The Hall–Kier alpha value is -1.95. The summed E-state index contributed by atoms with van der Waals surface area (Å²) in [6.07, 6.45) is 1.51. The van der Waals surface area contributed by atoms with Crippen LogP contribution in [0.15, 0.2) is 29.2 Å². The van der Waals surface area contributed by atoms with Gasteiger partial charge in [0.15, 0.2) is 5.65 Å². The van der Waals surface area contributed by atoms with E-state index in [2.05, 4.69) is 5.10 Å². The maximum absolute atomic E-state index is 11.5. The molecule has 72 valence electrons. The van der Waals surface area contributed by atoms with E-state index in [-0.39, 0.29) is 0 Å². The lowest BCUT2D eigenvalue weighted by molar-refractivity contribution is 0.0797. The Labute approximate surface area is 78.0 Å². The third kappa shape index (κ3) is 1.12. The summed E-state index contributed by atoms with van der Waals surface area (Å²) in [5.74, 6) is -0.737. The zero-order valence-electron chi connectivity index (χ0n) is 7.12. The summed E-state index contributed by atoms with van der Waals surface area (Å²) in [4.78, 5) is 22.5. The van der Waals surface area contributed by atoms with Gasteiger partial charge in [0.25, 0.3) is 5.91 Å². The average Bonchev–Trinajstić information content (AvgIpc) is 2.56. The average molecular weight is 193 g/mol. The predicted molar refractivity (Wildman–Crippen MR) is 47.2 cm³/mol. The van der Waals surface area contributed by atoms with Crippen molar-refractivity contribution >= 4 is 11.6 Å². The molecule has 0 bridgehead atoms. The topological polar surface area (TPSA) is 76.6 Å². The Morgan fingerprint density at radius 1 is 1.50 bits per heavy atom. The normalized spacial score (nSPS) is 10.6. The standard InChI is InChI=1S/C8H7N3O3/c12-5-7(13)11-8(14)10-4-2-1-3-6(10)9-11/h1-4,12H,5H2. The lowest BCUT2D eigenvalue weighted by Gasteiger charge is -1.89. The maximum Gasteiger partial charge on any atom is 0.357 e. The van der Waals surface area contributed by atoms with E-state index < -0.39 is 18.2 Å². The van der Waals surface area contributed by atoms with E-state index in [9.17, 15) is 9.59 Å². The van der Waals surface area contributed by atoms with E-state index in [0.29, 0.717) is 10.3 Å². The molecule has 0 saturated heterocycles. The molecule has 0 atom stereocenters. The molecule has 0 aliphatic rings. The molecule has 6 heteroatoms. The molecular formula is C8H7N3O3. The van der Waals surface area contributed by atoms with Crippen molar-refractivity contribution in [1.29, 1.82) is 0 Å². The first kappa shape index (κ1) is 8.64. The Bertz CT molecular complexity index is 540. The monoisotopic (exact) mass is 193 g/mol. The van der Waals surface area contributed by atoms with Gasteiger partial charge in [-0.05, 0) is 12.1 Å². The van der Waals surface area contributed by atoms with Crippen molar-refractivity contribution in [3.63, 3.8) is 0 Å². The first-order chi connectivity index (χ1) is 6.74. The molecule has 14 heavy (non-hydrogen) atoms. The molecule has 0 amide bonds. The summed E-state index contributed by atoms with van der Waals surface area (Å²) < 4.78 is 1.88. The van der Waals surface area contributed by atoms with Gasteiger partial charge in [-0.3, -0.25) is 4.79 Å². The summed E-state index contributed by atoms with van der Waals surface area (Å²) in [7, 11) is 0. The molecule has 0 spiro atoms. The second-order valence-corrected chi connectivity index (χ2v) is 2.68. The quantitative estimate of drug-likeness (QED) is 0.638. The van der Waals surface area contributed by atoms with E-state index >= 15 is 0 Å². The van der Waals surface area contributed by atoms with Crippen molar-refractivity contribution in [2.45, 2.75) is 0 Å². The number of rotatable bonds is 1. The van der Waals surface area contributed by atoms with Gasteiger partial charge < -0.3 is 5.11 Å². The number of hydrogen-bond acceptors (Lipinski definition) is 4. The van der Waals surface area contributed by atoms with E-state index in [1.807, 2.05) is 0 Å². The highest BCUT2D eigenvalue weighted by Crippen LogP contribution is 1.94. The molecule has 2 aromatic rings. The number of pyridine rings is 1. The highest BCUT2D eigenvalue weighted by atomic mass is 16.3. The molecule has 0 fully saturated rings. The fourth-order valence-corrected chi connectivity index (χ4v) is 1.15. The Morgan fingerprint density at radius 3 is 2.93 bits per heavy atom. The van der Waals surface area contributed by atoms with Gasteiger partial charge in [0.1, 0.15) is 6.61 Å². The van der Waals surface area contributed by atoms with Crippen LogP contribution >= 0.6 is 0 Å². The van der Waals surface area contributed by atoms with Gasteiger partial charge in [-0.2, -0.15) is 0 Å². The van der Waals surface area contributed by atoms with E-state index in [1.165, 1.54) is 10.6 Å². The SMILES string of the molecule is O=C(CO)n1nc2ccccn2c1=O. The summed E-state index contributed by atoms with van der Waals surface area (Å²) >= 11 is 0. The summed E-state index contributed by atoms with van der Waals surface area (Å²) in [5.41, 5.74) is -0.195. The smallest absolute Gasteiger partial charge is 0.357 e. The summed E-state index contributed by atoms with van der Waals surface area (Å²) in [6.45, 7) is -0.732. The van der Waals surface area contributed by atoms with Crippen molar-refractivity contribution in [1.82, 2.24) is 14.2 Å². The summed E-state index contributed by atoms with van der Waals surface area (Å²) in [6, 6.07) is 4.96. The van der Waals surface area contributed by atoms with Crippen LogP contribution in [0.5, 0.6) is 0 Å². The van der Waals surface area contributed by atoms with Crippen molar-refractivity contribution in [2.24, 2.45) is 0 Å². The molecule has 0 saturated carbocycles. The number of carbonyl (C=O) groups excluding carboxylic acids is 1. The fourth-order valence-electron chi connectivity index (χ4n) is 1.15. The van der Waals surface area contributed by atoms with Gasteiger partial charge >= 0.3 is 5.69 Å². The van der Waals surface area contributed by atoms with Crippen LogP contribution in [0.25, 0.3) is 5.65 Å². The molecule has 2 aromatic heterocycles. The largest absolute Gasteiger partial charge is 0.386 e. The summed E-state index contributed by atoms with van der Waals surface area (Å²) in [5, 5.41) is 12.3. The molecule has 2 heterocycles. The van der Waals surface area contributed by atoms with Gasteiger partial charge in [-0.1, -0.05) is 6.07 Å². The van der Waals surface area contributed by atoms with Crippen LogP contribution in [0, 0.1) is 0 Å². The van der Waals surface area contributed by atoms with Gasteiger partial charge in [-0.15, -0.1) is 9.78 Å². The van der Waals surface area contributed by atoms with Crippen molar-refractivity contribution < 1.29 is 9.90 Å². The van der Waals surface area contributed by atoms with Crippen molar-refractivity contribution in [3.05, 3.63) is 34.9 Å². The van der Waals surface area contributed by atoms with E-state index in [0.717, 1.165) is 0 Å². The molecule has 0 unspecified atom stereocenters. The predicted octanol–water partition coefficient (Wildman–Crippen LogP) is -0.871. The lowest BCUT2D eigenvalue weighted by atomic mass is 10.5. The number of aliphatic hydroxyl groups is 1. The number of fused-ring (bicyclic) bond motifs is 1.